The minimum Gasteiger partial charge on any atom is -0.335 e. The van der Waals surface area contributed by atoms with Crippen molar-refractivity contribution in [1.82, 2.24) is 20.4 Å². The SMILES string of the molecule is C[C@H](NC(=O)NC1CCCCC1)[C@H](c1cccs1)N1CCN(C)CC1. The van der Waals surface area contributed by atoms with Crippen LogP contribution < -0.4 is 10.6 Å². The Morgan fingerprint density at radius 2 is 1.92 bits per heavy atom. The first-order valence-electron chi connectivity index (χ1n) is 9.66. The second kappa shape index (κ2) is 9.01. The molecule has 3 rings (SSSR count). The number of hydrogen-bond acceptors (Lipinski definition) is 4. The fourth-order valence-corrected chi connectivity index (χ4v) is 5.03. The van der Waals surface area contributed by atoms with E-state index in [1.165, 1.54) is 24.1 Å². The number of rotatable bonds is 5. The lowest BCUT2D eigenvalue weighted by atomic mass is 9.96. The van der Waals surface area contributed by atoms with Crippen LogP contribution in [0, 0.1) is 0 Å². The fourth-order valence-electron chi connectivity index (χ4n) is 4.06. The van der Waals surface area contributed by atoms with Crippen molar-refractivity contribution in [2.75, 3.05) is 33.2 Å². The molecule has 2 amide bonds. The minimum atomic E-state index is -0.00455. The minimum absolute atomic E-state index is 0.00455. The van der Waals surface area contributed by atoms with E-state index in [1.807, 2.05) is 0 Å². The highest BCUT2D eigenvalue weighted by Crippen LogP contribution is 2.29. The van der Waals surface area contributed by atoms with E-state index in [1.54, 1.807) is 11.3 Å². The maximum absolute atomic E-state index is 12.5. The molecule has 0 unspecified atom stereocenters. The number of hydrogen-bond donors (Lipinski definition) is 2. The van der Waals surface area contributed by atoms with Crippen molar-refractivity contribution in [2.45, 2.75) is 57.2 Å². The van der Waals surface area contributed by atoms with Crippen molar-refractivity contribution in [3.8, 4) is 0 Å². The van der Waals surface area contributed by atoms with Gasteiger partial charge in [-0.15, -0.1) is 11.3 Å². The molecule has 0 aromatic carbocycles. The van der Waals surface area contributed by atoms with Crippen molar-refractivity contribution < 1.29 is 4.79 Å². The van der Waals surface area contributed by atoms with Crippen molar-refractivity contribution in [1.29, 1.82) is 0 Å². The second-order valence-corrected chi connectivity index (χ2v) is 8.52. The predicted molar refractivity (Wildman–Crippen MR) is 104 cm³/mol. The van der Waals surface area contributed by atoms with Crippen LogP contribution in [0.1, 0.15) is 49.9 Å². The summed E-state index contributed by atoms with van der Waals surface area (Å²) >= 11 is 1.79. The third-order valence-corrected chi connectivity index (χ3v) is 6.48. The van der Waals surface area contributed by atoms with Gasteiger partial charge in [-0.05, 0) is 38.3 Å². The number of urea groups is 1. The van der Waals surface area contributed by atoms with Gasteiger partial charge >= 0.3 is 6.03 Å². The molecule has 6 heteroatoms. The molecular weight excluding hydrogens is 332 g/mol. The Labute approximate surface area is 155 Å². The lowest BCUT2D eigenvalue weighted by molar-refractivity contribution is 0.0963. The first-order valence-corrected chi connectivity index (χ1v) is 10.5. The van der Waals surface area contributed by atoms with E-state index in [-0.39, 0.29) is 18.1 Å². The second-order valence-electron chi connectivity index (χ2n) is 7.54. The molecule has 140 valence electrons. The Morgan fingerprint density at radius 1 is 1.20 bits per heavy atom. The summed E-state index contributed by atoms with van der Waals surface area (Å²) in [6, 6.07) is 5.00. The van der Waals surface area contributed by atoms with Gasteiger partial charge in [0.2, 0.25) is 0 Å². The summed E-state index contributed by atoms with van der Waals surface area (Å²) in [7, 11) is 2.18. The van der Waals surface area contributed by atoms with Crippen molar-refractivity contribution >= 4 is 17.4 Å². The largest absolute Gasteiger partial charge is 0.335 e. The average molecular weight is 365 g/mol. The first-order chi connectivity index (χ1) is 12.1. The molecule has 1 saturated carbocycles. The van der Waals surface area contributed by atoms with E-state index in [9.17, 15) is 4.79 Å². The first kappa shape index (κ1) is 18.7. The molecule has 2 atom stereocenters. The van der Waals surface area contributed by atoms with E-state index in [0.717, 1.165) is 39.0 Å². The summed E-state index contributed by atoms with van der Waals surface area (Å²) in [5, 5.41) is 8.54. The zero-order chi connectivity index (χ0) is 17.6. The molecule has 2 aliphatic rings. The van der Waals surface area contributed by atoms with E-state index in [2.05, 4.69) is 51.9 Å². The van der Waals surface area contributed by atoms with Gasteiger partial charge in [-0.25, -0.2) is 4.79 Å². The van der Waals surface area contributed by atoms with E-state index in [0.29, 0.717) is 6.04 Å². The summed E-state index contributed by atoms with van der Waals surface area (Å²) < 4.78 is 0. The number of piperazine rings is 1. The highest BCUT2D eigenvalue weighted by atomic mass is 32.1. The zero-order valence-corrected chi connectivity index (χ0v) is 16.4. The van der Waals surface area contributed by atoms with Gasteiger partial charge in [0, 0.05) is 43.1 Å². The molecule has 1 aromatic heterocycles. The molecule has 2 heterocycles. The monoisotopic (exact) mass is 364 g/mol. The number of carbonyl (C=O) groups is 1. The maximum atomic E-state index is 12.5. The van der Waals surface area contributed by atoms with Crippen molar-refractivity contribution in [3.05, 3.63) is 22.4 Å². The zero-order valence-electron chi connectivity index (χ0n) is 15.5. The van der Waals surface area contributed by atoms with E-state index < -0.39 is 0 Å². The molecule has 1 aromatic rings. The van der Waals surface area contributed by atoms with Crippen molar-refractivity contribution in [2.24, 2.45) is 0 Å². The van der Waals surface area contributed by atoms with Gasteiger partial charge in [-0.3, -0.25) is 4.90 Å². The lowest BCUT2D eigenvalue weighted by Crippen LogP contribution is -2.53. The van der Waals surface area contributed by atoms with Gasteiger partial charge in [0.15, 0.2) is 0 Å². The molecular formula is C19H32N4OS. The number of amides is 2. The van der Waals surface area contributed by atoms with E-state index in [4.69, 9.17) is 0 Å². The van der Waals surface area contributed by atoms with Crippen LogP contribution in [-0.2, 0) is 0 Å². The van der Waals surface area contributed by atoms with Gasteiger partial charge in [0.25, 0.3) is 0 Å². The molecule has 25 heavy (non-hydrogen) atoms. The smallest absolute Gasteiger partial charge is 0.315 e. The number of thiophene rings is 1. The number of nitrogens with one attached hydrogen (secondary N) is 2. The molecule has 1 aliphatic heterocycles. The third-order valence-electron chi connectivity index (χ3n) is 5.54. The highest BCUT2D eigenvalue weighted by molar-refractivity contribution is 7.10. The van der Waals surface area contributed by atoms with Crippen LogP contribution in [0.4, 0.5) is 4.79 Å². The Morgan fingerprint density at radius 3 is 2.56 bits per heavy atom. The molecule has 0 spiro atoms. The number of nitrogens with zero attached hydrogens (tertiary/aromatic N) is 2. The summed E-state index contributed by atoms with van der Waals surface area (Å²) in [4.78, 5) is 18.7. The van der Waals surface area contributed by atoms with Crippen LogP contribution in [-0.4, -0.2) is 61.1 Å². The molecule has 0 radical (unpaired) electrons. The molecule has 2 N–H and O–H groups in total. The van der Waals surface area contributed by atoms with Crippen molar-refractivity contribution in [3.63, 3.8) is 0 Å². The summed E-state index contributed by atoms with van der Waals surface area (Å²) in [5.74, 6) is 0. The summed E-state index contributed by atoms with van der Waals surface area (Å²) in [5.41, 5.74) is 0. The Bertz CT molecular complexity index is 522. The average Bonchev–Trinajstić information content (AvgIpc) is 3.11. The van der Waals surface area contributed by atoms with Gasteiger partial charge in [0.05, 0.1) is 6.04 Å². The molecule has 1 saturated heterocycles. The molecule has 0 bridgehead atoms. The Balaban J connectivity index is 1.60. The van der Waals surface area contributed by atoms with E-state index >= 15 is 0 Å². The molecule has 2 fully saturated rings. The fraction of sp³-hybridized carbons (Fsp3) is 0.737. The quantitative estimate of drug-likeness (QED) is 0.844. The highest BCUT2D eigenvalue weighted by Gasteiger charge is 2.30. The van der Waals surface area contributed by atoms with Crippen LogP contribution >= 0.6 is 11.3 Å². The van der Waals surface area contributed by atoms with Crippen LogP contribution in [0.15, 0.2) is 17.5 Å². The van der Waals surface area contributed by atoms with Crippen LogP contribution in [0.5, 0.6) is 0 Å². The molecule has 1 aliphatic carbocycles. The normalized spacial score (nSPS) is 23.1. The lowest BCUT2D eigenvalue weighted by Gasteiger charge is -2.40. The standard InChI is InChI=1S/C19H32N4OS/c1-15(20-19(24)21-16-7-4-3-5-8-16)18(17-9-6-14-25-17)23-12-10-22(2)11-13-23/h6,9,14-16,18H,3-5,7-8,10-13H2,1-2H3,(H2,20,21,24)/t15-,18+/m0/s1. The van der Waals surface area contributed by atoms with Gasteiger partial charge < -0.3 is 15.5 Å². The number of carbonyl (C=O) groups excluding carboxylic acids is 1. The number of likely N-dealkylation sites (N-methyl/N-ethyl adjacent to an activating group) is 1. The van der Waals surface area contributed by atoms with Gasteiger partial charge in [-0.1, -0.05) is 25.3 Å². The Hall–Kier alpha value is -1.11. The summed E-state index contributed by atoms with van der Waals surface area (Å²) in [6.07, 6.45) is 6.02. The van der Waals surface area contributed by atoms with Crippen LogP contribution in [0.2, 0.25) is 0 Å². The topological polar surface area (TPSA) is 47.6 Å². The summed E-state index contributed by atoms with van der Waals surface area (Å²) in [6.45, 7) is 6.42. The van der Waals surface area contributed by atoms with Crippen LogP contribution in [0.3, 0.4) is 0 Å². The van der Waals surface area contributed by atoms with Crippen LogP contribution in [0.25, 0.3) is 0 Å². The predicted octanol–water partition coefficient (Wildman–Crippen LogP) is 3.06. The molecule has 5 nitrogen and oxygen atoms in total. The Kier molecular flexibility index (Phi) is 6.73. The van der Waals surface area contributed by atoms with Gasteiger partial charge in [0.1, 0.15) is 0 Å². The van der Waals surface area contributed by atoms with Gasteiger partial charge in [-0.2, -0.15) is 0 Å². The maximum Gasteiger partial charge on any atom is 0.315 e. The third kappa shape index (κ3) is 5.19.